The Balaban J connectivity index is 2.00. The van der Waals surface area contributed by atoms with E-state index in [4.69, 9.17) is 0 Å². The number of hydrogen-bond donors (Lipinski definition) is 3. The van der Waals surface area contributed by atoms with Gasteiger partial charge in [0.05, 0.1) is 19.1 Å². The van der Waals surface area contributed by atoms with Crippen LogP contribution in [0.3, 0.4) is 0 Å². The van der Waals surface area contributed by atoms with Crippen molar-refractivity contribution in [1.82, 2.24) is 5.32 Å². The zero-order valence-electron chi connectivity index (χ0n) is 11.0. The Kier molecular flexibility index (Phi) is 4.74. The maximum atomic E-state index is 12.0. The van der Waals surface area contributed by atoms with Gasteiger partial charge in [-0.3, -0.25) is 4.79 Å². The number of rotatable bonds is 5. The van der Waals surface area contributed by atoms with Crippen molar-refractivity contribution in [1.29, 1.82) is 0 Å². The zero-order chi connectivity index (χ0) is 14.4. The second kappa shape index (κ2) is 6.73. The molecule has 2 aromatic rings. The number of hydrogen-bond acceptors (Lipinski definition) is 3. The number of phenolic OH excluding ortho intramolecular Hbond substituents is 1. The van der Waals surface area contributed by atoms with Crippen molar-refractivity contribution in [2.75, 3.05) is 6.61 Å². The van der Waals surface area contributed by atoms with Crippen LogP contribution in [-0.2, 0) is 11.2 Å². The normalized spacial score (nSPS) is 11.8. The average molecular weight is 271 g/mol. The Morgan fingerprint density at radius 1 is 1.10 bits per heavy atom. The predicted molar refractivity (Wildman–Crippen MR) is 76.2 cm³/mol. The summed E-state index contributed by atoms with van der Waals surface area (Å²) >= 11 is 0. The van der Waals surface area contributed by atoms with Gasteiger partial charge in [-0.2, -0.15) is 0 Å². The van der Waals surface area contributed by atoms with E-state index in [0.717, 1.165) is 11.1 Å². The van der Waals surface area contributed by atoms with E-state index >= 15 is 0 Å². The molecule has 1 amide bonds. The standard InChI is InChI=1S/C16H17NO3/c18-11-15(13-6-2-1-3-7-13)17-16(20)10-12-5-4-8-14(19)9-12/h1-9,15,18-19H,10-11H2,(H,17,20). The summed E-state index contributed by atoms with van der Waals surface area (Å²) in [5.41, 5.74) is 1.59. The maximum absolute atomic E-state index is 12.0. The number of nitrogens with one attached hydrogen (secondary N) is 1. The Morgan fingerprint density at radius 2 is 1.85 bits per heavy atom. The van der Waals surface area contributed by atoms with Crippen molar-refractivity contribution in [3.8, 4) is 5.75 Å². The van der Waals surface area contributed by atoms with Crippen molar-refractivity contribution >= 4 is 5.91 Å². The molecule has 1 unspecified atom stereocenters. The minimum absolute atomic E-state index is 0.136. The largest absolute Gasteiger partial charge is 0.508 e. The van der Waals surface area contributed by atoms with E-state index in [0.29, 0.717) is 0 Å². The van der Waals surface area contributed by atoms with E-state index in [-0.39, 0.29) is 24.7 Å². The van der Waals surface area contributed by atoms with E-state index in [1.807, 2.05) is 30.3 Å². The number of carbonyl (C=O) groups excluding carboxylic acids is 1. The molecule has 0 aliphatic rings. The average Bonchev–Trinajstić information content (AvgIpc) is 2.45. The third-order valence-electron chi connectivity index (χ3n) is 2.99. The van der Waals surface area contributed by atoms with Crippen LogP contribution in [0.25, 0.3) is 0 Å². The van der Waals surface area contributed by atoms with Crippen molar-refractivity contribution in [2.45, 2.75) is 12.5 Å². The van der Waals surface area contributed by atoms with Gasteiger partial charge >= 0.3 is 0 Å². The summed E-state index contributed by atoms with van der Waals surface area (Å²) in [6.45, 7) is -0.157. The monoisotopic (exact) mass is 271 g/mol. The molecule has 2 aromatic carbocycles. The third-order valence-corrected chi connectivity index (χ3v) is 2.99. The fourth-order valence-electron chi connectivity index (χ4n) is 2.02. The molecule has 0 aliphatic carbocycles. The summed E-state index contributed by atoms with van der Waals surface area (Å²) in [6.07, 6.45) is 0.164. The van der Waals surface area contributed by atoms with Gasteiger partial charge in [0.15, 0.2) is 0 Å². The summed E-state index contributed by atoms with van der Waals surface area (Å²) in [5.74, 6) is -0.0597. The summed E-state index contributed by atoms with van der Waals surface area (Å²) in [5, 5.41) is 21.5. The van der Waals surface area contributed by atoms with Gasteiger partial charge < -0.3 is 15.5 Å². The van der Waals surface area contributed by atoms with Crippen LogP contribution in [0.4, 0.5) is 0 Å². The topological polar surface area (TPSA) is 69.6 Å². The highest BCUT2D eigenvalue weighted by molar-refractivity contribution is 5.79. The molecule has 20 heavy (non-hydrogen) atoms. The van der Waals surface area contributed by atoms with E-state index < -0.39 is 6.04 Å². The van der Waals surface area contributed by atoms with Crippen molar-refractivity contribution < 1.29 is 15.0 Å². The highest BCUT2D eigenvalue weighted by Gasteiger charge is 2.13. The van der Waals surface area contributed by atoms with Crippen LogP contribution in [0.2, 0.25) is 0 Å². The number of aliphatic hydroxyl groups excluding tert-OH is 1. The molecule has 0 spiro atoms. The Morgan fingerprint density at radius 3 is 2.50 bits per heavy atom. The van der Waals surface area contributed by atoms with Crippen molar-refractivity contribution in [3.63, 3.8) is 0 Å². The number of carbonyl (C=O) groups is 1. The van der Waals surface area contributed by atoms with Crippen LogP contribution in [0, 0.1) is 0 Å². The summed E-state index contributed by atoms with van der Waals surface area (Å²) < 4.78 is 0. The fraction of sp³-hybridized carbons (Fsp3) is 0.188. The first kappa shape index (κ1) is 14.1. The van der Waals surface area contributed by atoms with Crippen LogP contribution in [0.1, 0.15) is 17.2 Å². The Bertz CT molecular complexity index is 569. The molecule has 0 aromatic heterocycles. The van der Waals surface area contributed by atoms with E-state index in [9.17, 15) is 15.0 Å². The van der Waals surface area contributed by atoms with Gasteiger partial charge in [0.2, 0.25) is 5.91 Å². The molecule has 0 aliphatic heterocycles. The lowest BCUT2D eigenvalue weighted by atomic mass is 10.1. The van der Waals surface area contributed by atoms with Gasteiger partial charge in [0.1, 0.15) is 5.75 Å². The van der Waals surface area contributed by atoms with Crippen molar-refractivity contribution in [3.05, 3.63) is 65.7 Å². The first-order valence-electron chi connectivity index (χ1n) is 6.42. The van der Waals surface area contributed by atoms with Gasteiger partial charge in [-0.15, -0.1) is 0 Å². The predicted octanol–water partition coefficient (Wildman–Crippen LogP) is 1.78. The molecular formula is C16H17NO3. The van der Waals surface area contributed by atoms with E-state index in [2.05, 4.69) is 5.32 Å². The quantitative estimate of drug-likeness (QED) is 0.776. The number of aromatic hydroxyl groups is 1. The van der Waals surface area contributed by atoms with Gasteiger partial charge in [0, 0.05) is 0 Å². The highest BCUT2D eigenvalue weighted by Crippen LogP contribution is 2.14. The van der Waals surface area contributed by atoms with E-state index in [1.165, 1.54) is 0 Å². The molecule has 0 saturated carbocycles. The molecule has 0 saturated heterocycles. The second-order valence-corrected chi connectivity index (χ2v) is 4.56. The Labute approximate surface area is 117 Å². The number of benzene rings is 2. The number of amides is 1. The molecular weight excluding hydrogens is 254 g/mol. The van der Waals surface area contributed by atoms with Crippen LogP contribution >= 0.6 is 0 Å². The molecule has 4 heteroatoms. The molecule has 0 radical (unpaired) electrons. The molecule has 1 atom stereocenters. The third kappa shape index (κ3) is 3.83. The van der Waals surface area contributed by atoms with Crippen LogP contribution in [0.5, 0.6) is 5.75 Å². The highest BCUT2D eigenvalue weighted by atomic mass is 16.3. The fourth-order valence-corrected chi connectivity index (χ4v) is 2.02. The number of aliphatic hydroxyl groups is 1. The molecule has 0 fully saturated rings. The van der Waals surface area contributed by atoms with Crippen LogP contribution in [-0.4, -0.2) is 22.7 Å². The maximum Gasteiger partial charge on any atom is 0.224 e. The van der Waals surface area contributed by atoms with Gasteiger partial charge in [0.25, 0.3) is 0 Å². The lowest BCUT2D eigenvalue weighted by Crippen LogP contribution is -2.31. The number of phenols is 1. The summed E-state index contributed by atoms with van der Waals surface area (Å²) in [6, 6.07) is 15.5. The first-order valence-corrected chi connectivity index (χ1v) is 6.42. The SMILES string of the molecule is O=C(Cc1cccc(O)c1)NC(CO)c1ccccc1. The molecule has 4 nitrogen and oxygen atoms in total. The lowest BCUT2D eigenvalue weighted by molar-refractivity contribution is -0.121. The van der Waals surface area contributed by atoms with Crippen LogP contribution in [0.15, 0.2) is 54.6 Å². The zero-order valence-corrected chi connectivity index (χ0v) is 11.0. The van der Waals surface area contributed by atoms with Crippen LogP contribution < -0.4 is 5.32 Å². The van der Waals surface area contributed by atoms with E-state index in [1.54, 1.807) is 24.3 Å². The molecule has 2 rings (SSSR count). The van der Waals surface area contributed by atoms with Crippen molar-refractivity contribution in [2.24, 2.45) is 0 Å². The summed E-state index contributed by atoms with van der Waals surface area (Å²) in [4.78, 5) is 12.0. The lowest BCUT2D eigenvalue weighted by Gasteiger charge is -2.16. The molecule has 0 heterocycles. The molecule has 104 valence electrons. The second-order valence-electron chi connectivity index (χ2n) is 4.56. The minimum Gasteiger partial charge on any atom is -0.508 e. The molecule has 3 N–H and O–H groups in total. The van der Waals surface area contributed by atoms with Gasteiger partial charge in [-0.25, -0.2) is 0 Å². The van der Waals surface area contributed by atoms with Gasteiger partial charge in [-0.1, -0.05) is 42.5 Å². The first-order chi connectivity index (χ1) is 9.69. The Hall–Kier alpha value is -2.33. The smallest absolute Gasteiger partial charge is 0.224 e. The summed E-state index contributed by atoms with van der Waals surface area (Å²) in [7, 11) is 0. The molecule has 0 bridgehead atoms. The minimum atomic E-state index is -0.416. The van der Waals surface area contributed by atoms with Gasteiger partial charge in [-0.05, 0) is 23.3 Å².